The van der Waals surface area contributed by atoms with Crippen LogP contribution >= 0.6 is 11.6 Å². The summed E-state index contributed by atoms with van der Waals surface area (Å²) in [4.78, 5) is 12.7. The average molecular weight is 435 g/mol. The van der Waals surface area contributed by atoms with E-state index in [1.54, 1.807) is 55.5 Å². The Balaban J connectivity index is 1.65. The minimum Gasteiger partial charge on any atom is -0.363 e. The van der Waals surface area contributed by atoms with Crippen LogP contribution in [0.15, 0.2) is 54.6 Å². The highest BCUT2D eigenvalue weighted by molar-refractivity contribution is 6.31. The number of hydrogen-bond donors (Lipinski definition) is 2. The first-order valence-electron chi connectivity index (χ1n) is 9.28. The maximum atomic E-state index is 13.8. The fourth-order valence-corrected chi connectivity index (χ4v) is 3.69. The van der Waals surface area contributed by atoms with Gasteiger partial charge in [-0.2, -0.15) is 18.3 Å². The predicted molar refractivity (Wildman–Crippen MR) is 109 cm³/mol. The molecule has 3 aromatic rings. The van der Waals surface area contributed by atoms with Crippen molar-refractivity contribution in [3.63, 3.8) is 0 Å². The number of alkyl halides is 3. The molecule has 0 fully saturated rings. The predicted octanol–water partition coefficient (Wildman–Crippen LogP) is 5.76. The second-order valence-corrected chi connectivity index (χ2v) is 7.53. The van der Waals surface area contributed by atoms with Crippen LogP contribution in [0.4, 0.5) is 24.7 Å². The quantitative estimate of drug-likeness (QED) is 0.551. The number of nitrogens with one attached hydrogen (secondary N) is 2. The number of halogens is 4. The van der Waals surface area contributed by atoms with Gasteiger partial charge in [0, 0.05) is 23.2 Å². The number of anilines is 2. The molecule has 1 amide bonds. The minimum absolute atomic E-state index is 0.111. The fourth-order valence-electron chi connectivity index (χ4n) is 3.52. The zero-order chi connectivity index (χ0) is 21.5. The molecule has 4 rings (SSSR count). The van der Waals surface area contributed by atoms with Gasteiger partial charge in [-0.05, 0) is 30.2 Å². The van der Waals surface area contributed by atoms with Gasteiger partial charge in [-0.25, -0.2) is 4.68 Å². The van der Waals surface area contributed by atoms with Crippen molar-refractivity contribution in [3.8, 4) is 0 Å². The Morgan fingerprint density at radius 1 is 1.20 bits per heavy atom. The third-order valence-electron chi connectivity index (χ3n) is 5.14. The van der Waals surface area contributed by atoms with Gasteiger partial charge in [-0.1, -0.05) is 48.0 Å². The van der Waals surface area contributed by atoms with Gasteiger partial charge in [0.1, 0.15) is 5.82 Å². The summed E-state index contributed by atoms with van der Waals surface area (Å²) < 4.78 is 42.1. The summed E-state index contributed by atoms with van der Waals surface area (Å²) in [7, 11) is 0. The zero-order valence-electron chi connectivity index (χ0n) is 15.9. The lowest BCUT2D eigenvalue weighted by atomic mass is 9.97. The van der Waals surface area contributed by atoms with Crippen LogP contribution in [-0.2, 0) is 0 Å². The Morgan fingerprint density at radius 2 is 1.93 bits per heavy atom. The number of rotatable bonds is 3. The van der Waals surface area contributed by atoms with Crippen LogP contribution in [0.5, 0.6) is 0 Å². The van der Waals surface area contributed by atoms with Gasteiger partial charge in [-0.3, -0.25) is 4.79 Å². The molecule has 0 radical (unpaired) electrons. The summed E-state index contributed by atoms with van der Waals surface area (Å²) in [6.45, 7) is 1.74. The van der Waals surface area contributed by atoms with Crippen LogP contribution in [0.1, 0.15) is 40.1 Å². The van der Waals surface area contributed by atoms with Crippen molar-refractivity contribution in [2.75, 3.05) is 10.6 Å². The molecule has 0 saturated carbocycles. The molecule has 9 heteroatoms. The molecule has 156 valence electrons. The number of nitrogens with zero attached hydrogens (tertiary/aromatic N) is 2. The topological polar surface area (TPSA) is 59.0 Å². The number of amides is 1. The van der Waals surface area contributed by atoms with Gasteiger partial charge in [0.25, 0.3) is 5.91 Å². The summed E-state index contributed by atoms with van der Waals surface area (Å²) in [5.41, 5.74) is 1.76. The normalized spacial score (nSPS) is 18.4. The van der Waals surface area contributed by atoms with E-state index in [-0.39, 0.29) is 17.9 Å². The van der Waals surface area contributed by atoms with E-state index in [0.29, 0.717) is 16.3 Å². The summed E-state index contributed by atoms with van der Waals surface area (Å²) in [5.74, 6) is -0.466. The van der Waals surface area contributed by atoms with E-state index in [9.17, 15) is 18.0 Å². The first-order chi connectivity index (χ1) is 14.2. The maximum absolute atomic E-state index is 13.8. The molecule has 5 nitrogen and oxygen atoms in total. The summed E-state index contributed by atoms with van der Waals surface area (Å²) >= 11 is 6.06. The van der Waals surface area contributed by atoms with Gasteiger partial charge in [0.2, 0.25) is 0 Å². The molecule has 1 aliphatic rings. The number of aromatic nitrogens is 2. The molecule has 30 heavy (non-hydrogen) atoms. The molecule has 2 aromatic carbocycles. The molecule has 1 aliphatic heterocycles. The molecular formula is C21H18ClF3N4O. The van der Waals surface area contributed by atoms with Crippen LogP contribution < -0.4 is 10.6 Å². The van der Waals surface area contributed by atoms with Gasteiger partial charge >= 0.3 is 6.18 Å². The molecule has 2 heterocycles. The van der Waals surface area contributed by atoms with Gasteiger partial charge < -0.3 is 10.6 Å². The van der Waals surface area contributed by atoms with Crippen molar-refractivity contribution in [1.82, 2.24) is 9.78 Å². The van der Waals surface area contributed by atoms with Crippen LogP contribution in [0.25, 0.3) is 0 Å². The molecule has 0 spiro atoms. The van der Waals surface area contributed by atoms with E-state index in [2.05, 4.69) is 15.7 Å². The van der Waals surface area contributed by atoms with Crippen molar-refractivity contribution in [2.24, 2.45) is 0 Å². The van der Waals surface area contributed by atoms with Gasteiger partial charge in [0.05, 0.1) is 6.04 Å². The third-order valence-corrected chi connectivity index (χ3v) is 5.55. The van der Waals surface area contributed by atoms with E-state index in [1.807, 2.05) is 0 Å². The highest BCUT2D eigenvalue weighted by Crippen LogP contribution is 2.43. The monoisotopic (exact) mass is 434 g/mol. The number of carbonyl (C=O) groups is 1. The molecule has 1 aromatic heterocycles. The average Bonchev–Trinajstić information content (AvgIpc) is 3.15. The van der Waals surface area contributed by atoms with Crippen molar-refractivity contribution in [2.45, 2.75) is 31.6 Å². The first-order valence-corrected chi connectivity index (χ1v) is 9.66. The Morgan fingerprint density at radius 3 is 2.63 bits per heavy atom. The lowest BCUT2D eigenvalue weighted by Crippen LogP contribution is -2.35. The third kappa shape index (κ3) is 3.87. The van der Waals surface area contributed by atoms with E-state index in [1.165, 1.54) is 6.07 Å². The fraction of sp³-hybridized carbons (Fsp3) is 0.238. The SMILES string of the molecule is Cc1c(Cl)cccc1NC(=O)c1cc2n(n1)[C@H](C(F)(F)F)C[C@H](c1ccccc1)N2. The molecule has 0 aliphatic carbocycles. The van der Waals surface area contributed by atoms with Gasteiger partial charge in [-0.15, -0.1) is 0 Å². The van der Waals surface area contributed by atoms with Crippen LogP contribution in [0, 0.1) is 6.92 Å². The molecule has 0 bridgehead atoms. The second-order valence-electron chi connectivity index (χ2n) is 7.13. The lowest BCUT2D eigenvalue weighted by molar-refractivity contribution is -0.173. The van der Waals surface area contributed by atoms with Crippen molar-refractivity contribution in [1.29, 1.82) is 0 Å². The number of fused-ring (bicyclic) bond motifs is 1. The van der Waals surface area contributed by atoms with E-state index in [4.69, 9.17) is 11.6 Å². The van der Waals surface area contributed by atoms with Crippen LogP contribution in [0.3, 0.4) is 0 Å². The van der Waals surface area contributed by atoms with E-state index < -0.39 is 24.2 Å². The number of benzene rings is 2. The molecule has 2 atom stereocenters. The Hall–Kier alpha value is -3.00. The Kier molecular flexibility index (Phi) is 5.19. The minimum atomic E-state index is -4.51. The van der Waals surface area contributed by atoms with E-state index >= 15 is 0 Å². The van der Waals surface area contributed by atoms with Gasteiger partial charge in [0.15, 0.2) is 11.7 Å². The molecular weight excluding hydrogens is 417 g/mol. The number of hydrogen-bond acceptors (Lipinski definition) is 3. The first kappa shape index (κ1) is 20.3. The molecule has 2 N–H and O–H groups in total. The maximum Gasteiger partial charge on any atom is 0.410 e. The Labute approximate surface area is 175 Å². The summed E-state index contributed by atoms with van der Waals surface area (Å²) in [5, 5.41) is 10.2. The van der Waals surface area contributed by atoms with Crippen molar-refractivity contribution >= 4 is 29.0 Å². The summed E-state index contributed by atoms with van der Waals surface area (Å²) in [6.07, 6.45) is -4.73. The summed E-state index contributed by atoms with van der Waals surface area (Å²) in [6, 6.07) is 12.9. The van der Waals surface area contributed by atoms with Crippen molar-refractivity contribution < 1.29 is 18.0 Å². The number of carbonyl (C=O) groups excluding carboxylic acids is 1. The highest BCUT2D eigenvalue weighted by Gasteiger charge is 2.46. The molecule has 0 unspecified atom stereocenters. The van der Waals surface area contributed by atoms with Crippen LogP contribution in [0.2, 0.25) is 5.02 Å². The lowest BCUT2D eigenvalue weighted by Gasteiger charge is -2.33. The molecule has 0 saturated heterocycles. The van der Waals surface area contributed by atoms with E-state index in [0.717, 1.165) is 10.2 Å². The zero-order valence-corrected chi connectivity index (χ0v) is 16.6. The standard InChI is InChI=1S/C21H18ClF3N4O/c1-12-14(22)8-5-9-15(12)27-20(30)17-11-19-26-16(13-6-3-2-4-7-13)10-18(21(23,24)25)29(19)28-17/h2-9,11,16,18,26H,10H2,1H3,(H,27,30)/t16-,18+/m1/s1. The smallest absolute Gasteiger partial charge is 0.363 e. The van der Waals surface area contributed by atoms with Crippen molar-refractivity contribution in [3.05, 3.63) is 76.4 Å². The highest BCUT2D eigenvalue weighted by atomic mass is 35.5. The second kappa shape index (κ2) is 7.68. The largest absolute Gasteiger partial charge is 0.410 e. The van der Waals surface area contributed by atoms with Crippen LogP contribution in [-0.4, -0.2) is 21.9 Å². The Bertz CT molecular complexity index is 1080.